The maximum Gasteiger partial charge on any atom is 0.387 e. The van der Waals surface area contributed by atoms with Crippen molar-refractivity contribution in [2.75, 3.05) is 0 Å². The van der Waals surface area contributed by atoms with Gasteiger partial charge in [-0.1, -0.05) is 0 Å². The topological polar surface area (TPSA) is 64.1 Å². The first kappa shape index (κ1) is 16.2. The van der Waals surface area contributed by atoms with Crippen molar-refractivity contribution in [2.45, 2.75) is 25.5 Å². The first-order chi connectivity index (χ1) is 11.5. The fourth-order valence-electron chi connectivity index (χ4n) is 2.37. The number of ether oxygens (including phenoxy) is 1. The van der Waals surface area contributed by atoms with Crippen molar-refractivity contribution < 1.29 is 22.7 Å². The minimum Gasteiger partial charge on any atom is -0.435 e. The minimum atomic E-state index is -3.06. The third kappa shape index (κ3) is 3.81. The minimum absolute atomic E-state index is 0.209. The van der Waals surface area contributed by atoms with E-state index in [0.29, 0.717) is 5.82 Å². The van der Waals surface area contributed by atoms with Crippen molar-refractivity contribution >= 4 is 5.91 Å². The van der Waals surface area contributed by atoms with E-state index in [0.717, 1.165) is 31.0 Å². The molecule has 1 atom stereocenters. The molecule has 0 bridgehead atoms. The summed E-state index contributed by atoms with van der Waals surface area (Å²) < 4.78 is 42.4. The Hall–Kier alpha value is -2.64. The van der Waals surface area contributed by atoms with Crippen molar-refractivity contribution in [3.63, 3.8) is 0 Å². The van der Waals surface area contributed by atoms with Crippen molar-refractivity contribution in [1.29, 1.82) is 0 Å². The zero-order valence-electron chi connectivity index (χ0n) is 12.5. The molecule has 1 saturated carbocycles. The Morgan fingerprint density at radius 3 is 2.54 bits per heavy atom. The number of rotatable bonds is 6. The monoisotopic (exact) mass is 337 g/mol. The van der Waals surface area contributed by atoms with Crippen molar-refractivity contribution in [3.05, 3.63) is 53.9 Å². The first-order valence-electron chi connectivity index (χ1n) is 7.36. The molecule has 1 aromatic carbocycles. The number of alkyl halides is 2. The largest absolute Gasteiger partial charge is 0.435 e. The molecule has 0 aliphatic heterocycles. The van der Waals surface area contributed by atoms with E-state index in [-0.39, 0.29) is 17.2 Å². The summed E-state index contributed by atoms with van der Waals surface area (Å²) in [5, 5.41) is 2.72. The number of hydrogen-bond donors (Lipinski definition) is 1. The molecule has 1 fully saturated rings. The zero-order valence-corrected chi connectivity index (χ0v) is 12.5. The van der Waals surface area contributed by atoms with Gasteiger partial charge in [-0.3, -0.25) is 4.79 Å². The fourth-order valence-corrected chi connectivity index (χ4v) is 2.37. The molecule has 0 unspecified atom stereocenters. The smallest absolute Gasteiger partial charge is 0.387 e. The summed E-state index contributed by atoms with van der Waals surface area (Å²) in [4.78, 5) is 20.6. The Balaban J connectivity index is 1.76. The highest BCUT2D eigenvalue weighted by Gasteiger charge is 2.35. The van der Waals surface area contributed by atoms with Crippen LogP contribution in [0.4, 0.5) is 13.2 Å². The molecule has 2 aromatic rings. The molecular formula is C16H14F3N3O2. The van der Waals surface area contributed by atoms with E-state index >= 15 is 0 Å². The van der Waals surface area contributed by atoms with E-state index in [2.05, 4.69) is 20.0 Å². The van der Waals surface area contributed by atoms with E-state index in [1.165, 1.54) is 0 Å². The van der Waals surface area contributed by atoms with Crippen LogP contribution in [0.15, 0.2) is 36.7 Å². The lowest BCUT2D eigenvalue weighted by molar-refractivity contribution is -0.0499. The average molecular weight is 337 g/mol. The van der Waals surface area contributed by atoms with Gasteiger partial charge in [0, 0.05) is 18.5 Å². The lowest BCUT2D eigenvalue weighted by atomic mass is 10.1. The van der Waals surface area contributed by atoms with Gasteiger partial charge in [0.2, 0.25) is 0 Å². The van der Waals surface area contributed by atoms with E-state index in [9.17, 15) is 18.0 Å². The second-order valence-electron chi connectivity index (χ2n) is 5.42. The van der Waals surface area contributed by atoms with Gasteiger partial charge >= 0.3 is 6.61 Å². The van der Waals surface area contributed by atoms with Crippen LogP contribution in [-0.2, 0) is 0 Å². The molecule has 0 spiro atoms. The third-order valence-corrected chi connectivity index (χ3v) is 3.65. The third-order valence-electron chi connectivity index (χ3n) is 3.65. The summed E-state index contributed by atoms with van der Waals surface area (Å²) in [7, 11) is 0. The summed E-state index contributed by atoms with van der Waals surface area (Å²) in [5.41, 5.74) is -0.252. The Kier molecular flexibility index (Phi) is 4.64. The van der Waals surface area contributed by atoms with Crippen LogP contribution in [0, 0.1) is 11.7 Å². The number of nitrogens with one attached hydrogen (secondary N) is 1. The summed E-state index contributed by atoms with van der Waals surface area (Å²) in [6.07, 6.45) is 4.99. The van der Waals surface area contributed by atoms with Gasteiger partial charge in [0.25, 0.3) is 5.91 Å². The van der Waals surface area contributed by atoms with Crippen LogP contribution in [0.25, 0.3) is 0 Å². The van der Waals surface area contributed by atoms with Crippen molar-refractivity contribution in [2.24, 2.45) is 5.92 Å². The van der Waals surface area contributed by atoms with Crippen molar-refractivity contribution in [3.8, 4) is 5.75 Å². The number of carbonyl (C=O) groups is 1. The van der Waals surface area contributed by atoms with Crippen LogP contribution in [-0.4, -0.2) is 22.5 Å². The molecule has 8 heteroatoms. The molecule has 24 heavy (non-hydrogen) atoms. The standard InChI is InChI=1S/C16H14F3N3O2/c17-12-8-10(24-16(18)19)4-5-11(12)15(23)22-13(9-2-3-9)14-20-6-1-7-21-14/h1,4-9,13,16H,2-3H2,(H,22,23)/t13-/m0/s1. The highest BCUT2D eigenvalue weighted by atomic mass is 19.3. The van der Waals surface area contributed by atoms with Crippen molar-refractivity contribution in [1.82, 2.24) is 15.3 Å². The van der Waals surface area contributed by atoms with Gasteiger partial charge in [0.05, 0.1) is 11.6 Å². The first-order valence-corrected chi connectivity index (χ1v) is 7.36. The highest BCUT2D eigenvalue weighted by Crippen LogP contribution is 2.40. The molecule has 1 aliphatic rings. The number of amides is 1. The normalized spacial score (nSPS) is 15.2. The Bertz CT molecular complexity index is 724. The Morgan fingerprint density at radius 2 is 1.96 bits per heavy atom. The van der Waals surface area contributed by atoms with E-state index < -0.39 is 24.4 Å². The molecule has 1 aromatic heterocycles. The number of carbonyl (C=O) groups excluding carboxylic acids is 1. The predicted octanol–water partition coefficient (Wildman–Crippen LogP) is 3.10. The van der Waals surface area contributed by atoms with Gasteiger partial charge < -0.3 is 10.1 Å². The summed E-state index contributed by atoms with van der Waals surface area (Å²) in [6.45, 7) is -3.06. The summed E-state index contributed by atoms with van der Waals surface area (Å²) in [6, 6.07) is 4.24. The average Bonchev–Trinajstić information content (AvgIpc) is 3.37. The van der Waals surface area contributed by atoms with Gasteiger partial charge in [0.15, 0.2) is 5.82 Å². The predicted molar refractivity (Wildman–Crippen MR) is 78.0 cm³/mol. The molecule has 126 valence electrons. The summed E-state index contributed by atoms with van der Waals surface area (Å²) in [5.74, 6) is -1.26. The molecule has 1 amide bonds. The van der Waals surface area contributed by atoms with Crippen LogP contribution in [0.3, 0.4) is 0 Å². The maximum atomic E-state index is 14.0. The van der Waals surface area contributed by atoms with Crippen LogP contribution >= 0.6 is 0 Å². The quantitative estimate of drug-likeness (QED) is 0.880. The highest BCUT2D eigenvalue weighted by molar-refractivity contribution is 5.94. The number of aromatic nitrogens is 2. The molecule has 5 nitrogen and oxygen atoms in total. The van der Waals surface area contributed by atoms with Crippen LogP contribution in [0.5, 0.6) is 5.75 Å². The number of halogens is 3. The van der Waals surface area contributed by atoms with E-state index in [1.807, 2.05) is 0 Å². The molecule has 1 aliphatic carbocycles. The maximum absolute atomic E-state index is 14.0. The number of benzene rings is 1. The zero-order chi connectivity index (χ0) is 17.1. The Morgan fingerprint density at radius 1 is 1.25 bits per heavy atom. The molecular weight excluding hydrogens is 323 g/mol. The lowest BCUT2D eigenvalue weighted by Crippen LogP contribution is -2.31. The molecule has 0 radical (unpaired) electrons. The second kappa shape index (κ2) is 6.86. The van der Waals surface area contributed by atoms with E-state index in [1.54, 1.807) is 18.5 Å². The molecule has 1 heterocycles. The number of hydrogen-bond acceptors (Lipinski definition) is 4. The van der Waals surface area contributed by atoms with Gasteiger partial charge in [-0.25, -0.2) is 14.4 Å². The molecule has 1 N–H and O–H groups in total. The van der Waals surface area contributed by atoms with Crippen LogP contribution < -0.4 is 10.1 Å². The lowest BCUT2D eigenvalue weighted by Gasteiger charge is -2.17. The fraction of sp³-hybridized carbons (Fsp3) is 0.312. The molecule has 3 rings (SSSR count). The molecule has 0 saturated heterocycles. The Labute approximate surface area is 135 Å². The van der Waals surface area contributed by atoms with Gasteiger partial charge in [-0.05, 0) is 37.0 Å². The SMILES string of the molecule is O=C(N[C@H](c1ncccn1)C1CC1)c1ccc(OC(F)F)cc1F. The second-order valence-corrected chi connectivity index (χ2v) is 5.42. The van der Waals surface area contributed by atoms with Crippen LogP contribution in [0.1, 0.15) is 35.1 Å². The summed E-state index contributed by atoms with van der Waals surface area (Å²) >= 11 is 0. The number of nitrogens with zero attached hydrogens (tertiary/aromatic N) is 2. The van der Waals surface area contributed by atoms with E-state index in [4.69, 9.17) is 0 Å². The van der Waals surface area contributed by atoms with Gasteiger partial charge in [0.1, 0.15) is 11.6 Å². The van der Waals surface area contributed by atoms with Gasteiger partial charge in [-0.2, -0.15) is 8.78 Å². The van der Waals surface area contributed by atoms with Crippen LogP contribution in [0.2, 0.25) is 0 Å². The van der Waals surface area contributed by atoms with Gasteiger partial charge in [-0.15, -0.1) is 0 Å².